The lowest BCUT2D eigenvalue weighted by Gasteiger charge is -2.07. The third kappa shape index (κ3) is 3.56. The van der Waals surface area contributed by atoms with Gasteiger partial charge < -0.3 is 18.8 Å². The number of aromatic nitrogens is 1. The number of rotatable bonds is 4. The van der Waals surface area contributed by atoms with Gasteiger partial charge in [0, 0.05) is 7.05 Å². The van der Waals surface area contributed by atoms with Crippen LogP contribution in [0.25, 0.3) is 10.2 Å². The van der Waals surface area contributed by atoms with Gasteiger partial charge in [-0.3, -0.25) is 4.79 Å². The fourth-order valence-corrected chi connectivity index (χ4v) is 3.67. The fourth-order valence-electron chi connectivity index (χ4n) is 2.61. The van der Waals surface area contributed by atoms with Crippen molar-refractivity contribution in [3.63, 3.8) is 0 Å². The highest BCUT2D eigenvalue weighted by atomic mass is 32.1. The number of hydrogen-bond acceptors (Lipinski definition) is 6. The van der Waals surface area contributed by atoms with Gasteiger partial charge in [0.25, 0.3) is 5.91 Å². The molecule has 1 amide bonds. The number of amides is 1. The molecule has 1 aromatic heterocycles. The molecule has 27 heavy (non-hydrogen) atoms. The summed E-state index contributed by atoms with van der Waals surface area (Å²) in [6.07, 6.45) is 0. The summed E-state index contributed by atoms with van der Waals surface area (Å²) in [6.45, 7) is 0. The van der Waals surface area contributed by atoms with Crippen molar-refractivity contribution >= 4 is 33.4 Å². The Kier molecular flexibility index (Phi) is 5.27. The Balaban J connectivity index is 2.09. The average molecular weight is 386 g/mol. The number of benzene rings is 2. The van der Waals surface area contributed by atoms with Crippen LogP contribution in [-0.2, 0) is 11.8 Å². The van der Waals surface area contributed by atoms with Gasteiger partial charge in [-0.25, -0.2) is 4.79 Å². The van der Waals surface area contributed by atoms with E-state index in [2.05, 4.69) is 4.99 Å². The van der Waals surface area contributed by atoms with Gasteiger partial charge >= 0.3 is 5.97 Å². The molecule has 0 atom stereocenters. The van der Waals surface area contributed by atoms with Crippen LogP contribution in [0.1, 0.15) is 20.7 Å². The number of esters is 1. The molecule has 0 radical (unpaired) electrons. The van der Waals surface area contributed by atoms with E-state index in [-0.39, 0.29) is 0 Å². The number of nitrogens with zero attached hydrogens (tertiary/aromatic N) is 2. The van der Waals surface area contributed by atoms with Crippen molar-refractivity contribution in [3.8, 4) is 11.5 Å². The van der Waals surface area contributed by atoms with Crippen LogP contribution in [0.5, 0.6) is 11.5 Å². The average Bonchev–Trinajstić information content (AvgIpc) is 3.01. The minimum atomic E-state index is -0.443. The maximum atomic E-state index is 12.7. The lowest BCUT2D eigenvalue weighted by molar-refractivity contribution is 0.0600. The van der Waals surface area contributed by atoms with Gasteiger partial charge in [-0.1, -0.05) is 11.3 Å². The first-order valence-corrected chi connectivity index (χ1v) is 8.79. The molecule has 3 aromatic rings. The molecule has 0 fully saturated rings. The van der Waals surface area contributed by atoms with Crippen LogP contribution in [0, 0.1) is 0 Å². The third-order valence-electron chi connectivity index (χ3n) is 4.06. The lowest BCUT2D eigenvalue weighted by atomic mass is 10.2. The molecule has 140 valence electrons. The van der Waals surface area contributed by atoms with Crippen molar-refractivity contribution in [1.29, 1.82) is 0 Å². The monoisotopic (exact) mass is 386 g/mol. The normalized spacial score (nSPS) is 11.5. The predicted octanol–water partition coefficient (Wildman–Crippen LogP) is 2.78. The smallest absolute Gasteiger partial charge is 0.337 e. The maximum Gasteiger partial charge on any atom is 0.337 e. The zero-order chi connectivity index (χ0) is 19.6. The summed E-state index contributed by atoms with van der Waals surface area (Å²) in [4.78, 5) is 29.2. The zero-order valence-corrected chi connectivity index (χ0v) is 16.1. The van der Waals surface area contributed by atoms with Gasteiger partial charge in [0.1, 0.15) is 11.5 Å². The van der Waals surface area contributed by atoms with Gasteiger partial charge in [-0.15, -0.1) is 0 Å². The molecular formula is C19H18N2O5S. The van der Waals surface area contributed by atoms with Crippen LogP contribution in [-0.4, -0.2) is 37.8 Å². The van der Waals surface area contributed by atoms with E-state index in [9.17, 15) is 9.59 Å². The first kappa shape index (κ1) is 18.7. The molecule has 0 spiro atoms. The van der Waals surface area contributed by atoms with Crippen LogP contribution in [0.4, 0.5) is 0 Å². The van der Waals surface area contributed by atoms with E-state index in [0.29, 0.717) is 27.4 Å². The SMILES string of the molecule is COC(=O)c1ccc2c(c1)sc(=NC(=O)c1cc(OC)ccc1OC)n2C. The van der Waals surface area contributed by atoms with Gasteiger partial charge in [0.05, 0.1) is 42.7 Å². The molecule has 0 unspecified atom stereocenters. The molecule has 0 saturated carbocycles. The second-order valence-corrected chi connectivity index (χ2v) is 6.61. The highest BCUT2D eigenvalue weighted by molar-refractivity contribution is 7.16. The van der Waals surface area contributed by atoms with E-state index in [1.807, 2.05) is 7.05 Å². The number of aryl methyl sites for hydroxylation is 1. The summed E-state index contributed by atoms with van der Waals surface area (Å²) in [7, 11) is 6.16. The van der Waals surface area contributed by atoms with E-state index in [1.54, 1.807) is 41.0 Å². The molecule has 0 saturated heterocycles. The number of carbonyl (C=O) groups excluding carboxylic acids is 2. The Morgan fingerprint density at radius 1 is 1.04 bits per heavy atom. The van der Waals surface area contributed by atoms with Crippen molar-refractivity contribution in [1.82, 2.24) is 4.57 Å². The van der Waals surface area contributed by atoms with Gasteiger partial charge in [-0.2, -0.15) is 4.99 Å². The summed E-state index contributed by atoms with van der Waals surface area (Å²) >= 11 is 1.31. The lowest BCUT2D eigenvalue weighted by Crippen LogP contribution is -2.13. The second-order valence-electron chi connectivity index (χ2n) is 5.60. The number of fused-ring (bicyclic) bond motifs is 1. The summed E-state index contributed by atoms with van der Waals surface area (Å²) in [5.41, 5.74) is 1.61. The first-order valence-electron chi connectivity index (χ1n) is 7.97. The molecule has 2 aromatic carbocycles. The van der Waals surface area contributed by atoms with Gasteiger partial charge in [0.15, 0.2) is 4.80 Å². The Morgan fingerprint density at radius 2 is 1.81 bits per heavy atom. The molecule has 0 aliphatic carbocycles. The van der Waals surface area contributed by atoms with Crippen molar-refractivity contribution in [2.75, 3.05) is 21.3 Å². The fraction of sp³-hybridized carbons (Fsp3) is 0.211. The largest absolute Gasteiger partial charge is 0.497 e. The number of carbonyl (C=O) groups is 2. The van der Waals surface area contributed by atoms with Gasteiger partial charge in [0.2, 0.25) is 0 Å². The predicted molar refractivity (Wildman–Crippen MR) is 102 cm³/mol. The number of thiazole rings is 1. The highest BCUT2D eigenvalue weighted by Crippen LogP contribution is 2.25. The molecule has 0 bridgehead atoms. The Hall–Kier alpha value is -3.13. The number of ether oxygens (including phenoxy) is 3. The summed E-state index contributed by atoms with van der Waals surface area (Å²) in [6, 6.07) is 10.2. The number of hydrogen-bond donors (Lipinski definition) is 0. The van der Waals surface area contributed by atoms with E-state index < -0.39 is 11.9 Å². The summed E-state index contributed by atoms with van der Waals surface area (Å²) < 4.78 is 17.8. The maximum absolute atomic E-state index is 12.7. The van der Waals surface area contributed by atoms with Gasteiger partial charge in [-0.05, 0) is 36.4 Å². The van der Waals surface area contributed by atoms with Crippen molar-refractivity contribution < 1.29 is 23.8 Å². The van der Waals surface area contributed by atoms with Crippen molar-refractivity contribution in [3.05, 3.63) is 52.3 Å². The molecule has 8 heteroatoms. The Morgan fingerprint density at radius 3 is 2.48 bits per heavy atom. The number of methoxy groups -OCH3 is 3. The van der Waals surface area contributed by atoms with Crippen molar-refractivity contribution in [2.45, 2.75) is 0 Å². The minimum absolute atomic E-state index is 0.310. The van der Waals surface area contributed by atoms with Crippen LogP contribution < -0.4 is 14.3 Å². The third-order valence-corrected chi connectivity index (χ3v) is 5.16. The summed E-state index contributed by atoms with van der Waals surface area (Å²) in [5, 5.41) is 0. The Bertz CT molecular complexity index is 1100. The minimum Gasteiger partial charge on any atom is -0.497 e. The van der Waals surface area contributed by atoms with Crippen LogP contribution in [0.15, 0.2) is 41.4 Å². The highest BCUT2D eigenvalue weighted by Gasteiger charge is 2.15. The molecular weight excluding hydrogens is 368 g/mol. The van der Waals surface area contributed by atoms with E-state index in [1.165, 1.54) is 32.7 Å². The first-order chi connectivity index (χ1) is 13.0. The molecule has 7 nitrogen and oxygen atoms in total. The second kappa shape index (κ2) is 7.63. The van der Waals surface area contributed by atoms with Crippen LogP contribution >= 0.6 is 11.3 Å². The molecule has 0 aliphatic rings. The van der Waals surface area contributed by atoms with Crippen molar-refractivity contribution in [2.24, 2.45) is 12.0 Å². The van der Waals surface area contributed by atoms with E-state index >= 15 is 0 Å². The standard InChI is InChI=1S/C19H18N2O5S/c1-21-14-7-5-11(18(23)26-4)9-16(14)27-19(21)20-17(22)13-10-12(24-2)6-8-15(13)25-3/h5-10H,1-4H3. The molecule has 0 aliphatic heterocycles. The molecule has 1 heterocycles. The van der Waals surface area contributed by atoms with E-state index in [0.717, 1.165) is 10.2 Å². The molecule has 3 rings (SSSR count). The Labute approximate surface area is 159 Å². The molecule has 0 N–H and O–H groups in total. The van der Waals surface area contributed by atoms with Crippen LogP contribution in [0.3, 0.4) is 0 Å². The quantitative estimate of drug-likeness (QED) is 0.644. The summed E-state index contributed by atoms with van der Waals surface area (Å²) in [5.74, 6) is 0.101. The van der Waals surface area contributed by atoms with Crippen LogP contribution in [0.2, 0.25) is 0 Å². The topological polar surface area (TPSA) is 79.1 Å². The zero-order valence-electron chi connectivity index (χ0n) is 15.3. The van der Waals surface area contributed by atoms with E-state index in [4.69, 9.17) is 14.2 Å².